The number of halogens is 4. The van der Waals surface area contributed by atoms with E-state index in [-0.39, 0.29) is 23.4 Å². The number of benzene rings is 3. The predicted molar refractivity (Wildman–Crippen MR) is 186 cm³/mol. The number of hydrazone groups is 1. The van der Waals surface area contributed by atoms with Crippen molar-refractivity contribution in [1.29, 1.82) is 0 Å². The fourth-order valence-corrected chi connectivity index (χ4v) is 7.03. The Balaban J connectivity index is 1.34. The first-order valence-electron chi connectivity index (χ1n) is 16.0. The van der Waals surface area contributed by atoms with Gasteiger partial charge in [-0.3, -0.25) is 9.59 Å². The Morgan fingerprint density at radius 3 is 2.48 bits per heavy atom. The van der Waals surface area contributed by atoms with E-state index in [1.165, 1.54) is 25.3 Å². The molecule has 3 aromatic carbocycles. The molecule has 2 aliphatic rings. The van der Waals surface area contributed by atoms with Crippen LogP contribution in [0, 0.1) is 0 Å². The molecule has 2 saturated heterocycles. The second kappa shape index (κ2) is 16.7. The molecule has 8 nitrogen and oxygen atoms in total. The van der Waals surface area contributed by atoms with Crippen LogP contribution in [0.2, 0.25) is 5.02 Å². The summed E-state index contributed by atoms with van der Waals surface area (Å²) >= 11 is 7.28. The van der Waals surface area contributed by atoms with Gasteiger partial charge >= 0.3 is 6.18 Å². The number of piperidine rings is 2. The zero-order valence-electron chi connectivity index (χ0n) is 26.4. The highest BCUT2D eigenvalue weighted by Gasteiger charge is 2.33. The van der Waals surface area contributed by atoms with Gasteiger partial charge in [-0.1, -0.05) is 36.2 Å². The van der Waals surface area contributed by atoms with Gasteiger partial charge < -0.3 is 20.2 Å². The van der Waals surface area contributed by atoms with Crippen molar-refractivity contribution < 1.29 is 27.9 Å². The summed E-state index contributed by atoms with van der Waals surface area (Å²) in [4.78, 5) is 31.7. The van der Waals surface area contributed by atoms with Crippen LogP contribution in [0.4, 0.5) is 24.5 Å². The molecule has 256 valence electrons. The number of hydrogen-bond acceptors (Lipinski definition) is 7. The first kappa shape index (κ1) is 35.7. The van der Waals surface area contributed by atoms with Crippen LogP contribution in [-0.2, 0) is 11.9 Å². The highest BCUT2D eigenvalue weighted by Crippen LogP contribution is 2.35. The summed E-state index contributed by atoms with van der Waals surface area (Å²) in [5.74, 6) is 0.179. The molecule has 3 N–H and O–H groups in total. The lowest BCUT2D eigenvalue weighted by Gasteiger charge is -2.41. The number of carbonyl (C=O) groups excluding carboxylic acids is 2. The monoisotopic (exact) mass is 701 g/mol. The second-order valence-electron chi connectivity index (χ2n) is 11.9. The zero-order chi connectivity index (χ0) is 34.1. The van der Waals surface area contributed by atoms with Crippen molar-refractivity contribution in [2.45, 2.75) is 50.1 Å². The van der Waals surface area contributed by atoms with Crippen LogP contribution in [-0.4, -0.2) is 72.6 Å². The van der Waals surface area contributed by atoms with Gasteiger partial charge in [0.1, 0.15) is 0 Å². The minimum absolute atomic E-state index is 0.0699. The highest BCUT2D eigenvalue weighted by atomic mass is 35.5. The van der Waals surface area contributed by atoms with Crippen molar-refractivity contribution in [3.05, 3.63) is 93.5 Å². The highest BCUT2D eigenvalue weighted by molar-refractivity contribution is 7.98. The van der Waals surface area contributed by atoms with E-state index in [0.29, 0.717) is 23.1 Å². The van der Waals surface area contributed by atoms with Gasteiger partial charge in [0.15, 0.2) is 0 Å². The molecule has 0 radical (unpaired) electrons. The maximum atomic E-state index is 13.5. The van der Waals surface area contributed by atoms with E-state index in [1.54, 1.807) is 42.1 Å². The van der Waals surface area contributed by atoms with Gasteiger partial charge in [-0.25, -0.2) is 5.43 Å². The third-order valence-electron chi connectivity index (χ3n) is 8.60. The third-order valence-corrected chi connectivity index (χ3v) is 9.94. The summed E-state index contributed by atoms with van der Waals surface area (Å²) in [6.07, 6.45) is 2.26. The van der Waals surface area contributed by atoms with Crippen LogP contribution in [0.15, 0.2) is 65.8 Å². The topological polar surface area (TPSA) is 97.3 Å². The molecule has 0 atom stereocenters. The maximum absolute atomic E-state index is 13.5. The van der Waals surface area contributed by atoms with Crippen molar-refractivity contribution in [2.24, 2.45) is 5.10 Å². The van der Waals surface area contributed by atoms with Crippen LogP contribution in [0.25, 0.3) is 0 Å². The average molecular weight is 702 g/mol. The number of carbonyl (C=O) groups is 2. The van der Waals surface area contributed by atoms with Gasteiger partial charge in [-0.05, 0) is 92.4 Å². The lowest BCUT2D eigenvalue weighted by atomic mass is 9.99. The number of thioether (sulfide) groups is 1. The number of alkyl halides is 3. The van der Waals surface area contributed by atoms with Crippen molar-refractivity contribution in [2.75, 3.05) is 48.8 Å². The summed E-state index contributed by atoms with van der Waals surface area (Å²) in [5.41, 5.74) is 4.10. The van der Waals surface area contributed by atoms with Crippen LogP contribution in [0.3, 0.4) is 0 Å². The number of rotatable bonds is 11. The fourth-order valence-electron chi connectivity index (χ4n) is 6.12. The van der Waals surface area contributed by atoms with Gasteiger partial charge in [0, 0.05) is 41.9 Å². The molecular formula is C35H39ClF3N5O3S. The number of anilines is 2. The molecule has 0 bridgehead atoms. The van der Waals surface area contributed by atoms with Crippen molar-refractivity contribution in [3.8, 4) is 0 Å². The Morgan fingerprint density at radius 1 is 0.979 bits per heavy atom. The number of nitrogens with one attached hydrogen (secondary N) is 2. The first-order chi connectivity index (χ1) is 23.1. The van der Waals surface area contributed by atoms with E-state index >= 15 is 0 Å². The molecule has 0 aromatic heterocycles. The molecule has 13 heteroatoms. The van der Waals surface area contributed by atoms with E-state index in [1.807, 2.05) is 12.1 Å². The Kier molecular flexibility index (Phi) is 12.4. The van der Waals surface area contributed by atoms with Crippen molar-refractivity contribution in [3.63, 3.8) is 0 Å². The number of nitrogens with zero attached hydrogens (tertiary/aromatic N) is 3. The summed E-state index contributed by atoms with van der Waals surface area (Å²) in [5, 5.41) is 15.4. The molecule has 2 fully saturated rings. The van der Waals surface area contributed by atoms with Crippen molar-refractivity contribution >= 4 is 52.8 Å². The van der Waals surface area contributed by atoms with Crippen molar-refractivity contribution in [1.82, 2.24) is 10.3 Å². The van der Waals surface area contributed by atoms with E-state index < -0.39 is 28.6 Å². The molecule has 48 heavy (non-hydrogen) atoms. The van der Waals surface area contributed by atoms with Gasteiger partial charge in [0.25, 0.3) is 11.8 Å². The molecule has 0 spiro atoms. The molecular weight excluding hydrogens is 663 g/mol. The summed E-state index contributed by atoms with van der Waals surface area (Å²) < 4.78 is 40.0. The van der Waals surface area contributed by atoms with E-state index in [4.69, 9.17) is 16.7 Å². The number of aliphatic hydroxyl groups is 1. The Bertz CT molecular complexity index is 1610. The fraction of sp³-hybridized carbons (Fsp3) is 0.400. The number of hydrogen-bond donors (Lipinski definition) is 3. The van der Waals surface area contributed by atoms with E-state index in [9.17, 15) is 22.8 Å². The first-order valence-corrected chi connectivity index (χ1v) is 17.6. The molecule has 3 aromatic rings. The quantitative estimate of drug-likeness (QED) is 0.113. The second-order valence-corrected chi connectivity index (χ2v) is 13.4. The molecule has 2 amide bonds. The average Bonchev–Trinajstić information content (AvgIpc) is 3.09. The zero-order valence-corrected chi connectivity index (χ0v) is 28.0. The predicted octanol–water partition coefficient (Wildman–Crippen LogP) is 7.06. The summed E-state index contributed by atoms with van der Waals surface area (Å²) in [6, 6.07) is 16.3. The molecule has 2 aliphatic heterocycles. The van der Waals surface area contributed by atoms with Gasteiger partial charge in [0.05, 0.1) is 34.7 Å². The normalized spacial score (nSPS) is 16.3. The number of likely N-dealkylation sites (tertiary alicyclic amines) is 1. The number of amides is 2. The van der Waals surface area contributed by atoms with Gasteiger partial charge in [-0.2, -0.15) is 30.0 Å². The molecule has 5 rings (SSSR count). The standard InChI is InChI=1S/C35H39ClF3N5O3S/c36-31-9-7-24(20-30(31)35(37,38)39)22-40-42-34(47)29-21-28(44-15-11-27(12-16-44)43-13-2-1-3-14-43)8-10-32(29)41-33(46)26-6-4-5-25(19-26)23-48-18-17-45/h4-10,19-22,27,45H,1-3,11-18,23H2,(H,41,46)(H,42,47)/b40-22+. The van der Waals surface area contributed by atoms with Crippen LogP contribution < -0.4 is 15.6 Å². The summed E-state index contributed by atoms with van der Waals surface area (Å²) in [7, 11) is 0. The minimum atomic E-state index is -4.64. The smallest absolute Gasteiger partial charge is 0.396 e. The molecule has 2 heterocycles. The molecule has 0 aliphatic carbocycles. The third kappa shape index (κ3) is 9.52. The maximum Gasteiger partial charge on any atom is 0.417 e. The lowest BCUT2D eigenvalue weighted by Crippen LogP contribution is -2.46. The lowest BCUT2D eigenvalue weighted by molar-refractivity contribution is -0.137. The van der Waals surface area contributed by atoms with Gasteiger partial charge in [-0.15, -0.1) is 0 Å². The SMILES string of the molecule is O=C(Nc1ccc(N2CCC(N3CCCCC3)CC2)cc1C(=O)N/N=C/c1ccc(Cl)c(C(F)(F)F)c1)c1cccc(CSCCO)c1. The van der Waals surface area contributed by atoms with E-state index in [0.717, 1.165) is 68.6 Å². The van der Waals surface area contributed by atoms with Crippen LogP contribution in [0.1, 0.15) is 69.5 Å². The van der Waals surface area contributed by atoms with Crippen LogP contribution >= 0.6 is 23.4 Å². The largest absolute Gasteiger partial charge is 0.417 e. The van der Waals surface area contributed by atoms with Crippen LogP contribution in [0.5, 0.6) is 0 Å². The minimum Gasteiger partial charge on any atom is -0.396 e. The Hall–Kier alpha value is -3.58. The molecule has 0 saturated carbocycles. The Labute approximate surface area is 287 Å². The summed E-state index contributed by atoms with van der Waals surface area (Å²) in [6.45, 7) is 4.00. The molecule has 0 unspecified atom stereocenters. The van der Waals surface area contributed by atoms with Gasteiger partial charge in [0.2, 0.25) is 0 Å². The Morgan fingerprint density at radius 2 is 1.75 bits per heavy atom. The number of aliphatic hydroxyl groups excluding tert-OH is 1. The van der Waals surface area contributed by atoms with E-state index in [2.05, 4.69) is 25.6 Å².